The quantitative estimate of drug-likeness (QED) is 0.787. The van der Waals surface area contributed by atoms with Crippen molar-refractivity contribution < 1.29 is 4.74 Å². The first-order valence-corrected chi connectivity index (χ1v) is 5.93. The highest BCUT2D eigenvalue weighted by Crippen LogP contribution is 2.17. The van der Waals surface area contributed by atoms with Crippen LogP contribution in [-0.4, -0.2) is 35.8 Å². The van der Waals surface area contributed by atoms with Crippen LogP contribution in [-0.2, 0) is 4.74 Å². The molecule has 0 amide bonds. The van der Waals surface area contributed by atoms with E-state index >= 15 is 0 Å². The Labute approximate surface area is 101 Å². The van der Waals surface area contributed by atoms with Crippen molar-refractivity contribution in [1.29, 1.82) is 5.26 Å². The van der Waals surface area contributed by atoms with Crippen LogP contribution in [0.4, 0.5) is 5.95 Å². The molecule has 0 radical (unpaired) electrons. The second-order valence-corrected chi connectivity index (χ2v) is 4.00. The Morgan fingerprint density at radius 2 is 2.29 bits per heavy atom. The first-order chi connectivity index (χ1) is 8.33. The van der Waals surface area contributed by atoms with Crippen molar-refractivity contribution in [3.8, 4) is 6.07 Å². The topological polar surface area (TPSA) is 62.0 Å². The maximum absolute atomic E-state index is 8.79. The number of hydrogen-bond acceptors (Lipinski definition) is 5. The van der Waals surface area contributed by atoms with E-state index < -0.39 is 0 Å². The number of nitrogens with zero attached hydrogens (tertiary/aromatic N) is 4. The highest BCUT2D eigenvalue weighted by atomic mass is 16.5. The van der Waals surface area contributed by atoms with E-state index in [0.717, 1.165) is 32.5 Å². The van der Waals surface area contributed by atoms with Crippen LogP contribution >= 0.6 is 0 Å². The maximum atomic E-state index is 8.79. The summed E-state index contributed by atoms with van der Waals surface area (Å²) in [7, 11) is 0. The van der Waals surface area contributed by atoms with Gasteiger partial charge in [-0.25, -0.2) is 9.97 Å². The van der Waals surface area contributed by atoms with Gasteiger partial charge >= 0.3 is 0 Å². The molecule has 0 saturated carbocycles. The molecule has 0 spiro atoms. The minimum Gasteiger partial charge on any atom is -0.378 e. The maximum Gasteiger partial charge on any atom is 0.226 e. The van der Waals surface area contributed by atoms with Gasteiger partial charge in [0.15, 0.2) is 0 Å². The molecule has 0 aliphatic carbocycles. The Bertz CT molecular complexity index is 407. The van der Waals surface area contributed by atoms with Crippen LogP contribution in [0.5, 0.6) is 0 Å². The Morgan fingerprint density at radius 1 is 1.53 bits per heavy atom. The SMILES string of the molecule is CCOC1CCN(c2nccc(C#N)n2)CC1. The van der Waals surface area contributed by atoms with Crippen LogP contribution in [0.2, 0.25) is 0 Å². The van der Waals surface area contributed by atoms with Gasteiger partial charge < -0.3 is 9.64 Å². The summed E-state index contributed by atoms with van der Waals surface area (Å²) in [5, 5.41) is 8.79. The Morgan fingerprint density at radius 3 is 2.94 bits per heavy atom. The van der Waals surface area contributed by atoms with Crippen LogP contribution in [0.15, 0.2) is 12.3 Å². The van der Waals surface area contributed by atoms with Crippen molar-refractivity contribution in [2.45, 2.75) is 25.9 Å². The van der Waals surface area contributed by atoms with Gasteiger partial charge in [0, 0.05) is 25.9 Å². The van der Waals surface area contributed by atoms with E-state index in [-0.39, 0.29) is 0 Å². The van der Waals surface area contributed by atoms with Gasteiger partial charge in [-0.2, -0.15) is 5.26 Å². The average Bonchev–Trinajstić information content (AvgIpc) is 2.40. The highest BCUT2D eigenvalue weighted by molar-refractivity contribution is 5.34. The third-order valence-corrected chi connectivity index (χ3v) is 2.88. The lowest BCUT2D eigenvalue weighted by Crippen LogP contribution is -2.38. The number of ether oxygens (including phenoxy) is 1. The molecule has 5 heteroatoms. The lowest BCUT2D eigenvalue weighted by Gasteiger charge is -2.31. The van der Waals surface area contributed by atoms with Gasteiger partial charge in [0.05, 0.1) is 6.10 Å². The van der Waals surface area contributed by atoms with Gasteiger partial charge in [0.2, 0.25) is 5.95 Å². The van der Waals surface area contributed by atoms with Crippen LogP contribution < -0.4 is 4.90 Å². The number of hydrogen-bond donors (Lipinski definition) is 0. The fraction of sp³-hybridized carbons (Fsp3) is 0.583. The molecule has 2 rings (SSSR count). The second-order valence-electron chi connectivity index (χ2n) is 4.00. The number of nitriles is 1. The molecule has 1 fully saturated rings. The van der Waals surface area contributed by atoms with Crippen LogP contribution in [0.1, 0.15) is 25.5 Å². The van der Waals surface area contributed by atoms with Crippen molar-refractivity contribution in [3.63, 3.8) is 0 Å². The van der Waals surface area contributed by atoms with Crippen molar-refractivity contribution in [2.75, 3.05) is 24.6 Å². The molecule has 1 saturated heterocycles. The summed E-state index contributed by atoms with van der Waals surface area (Å²) in [5.74, 6) is 0.652. The van der Waals surface area contributed by atoms with Crippen LogP contribution in [0.3, 0.4) is 0 Å². The Kier molecular flexibility index (Phi) is 3.89. The molecule has 1 aliphatic rings. The van der Waals surface area contributed by atoms with Crippen molar-refractivity contribution in [2.24, 2.45) is 0 Å². The summed E-state index contributed by atoms with van der Waals surface area (Å²) >= 11 is 0. The molecule has 1 aromatic heterocycles. The molecule has 90 valence electrons. The first-order valence-electron chi connectivity index (χ1n) is 5.93. The summed E-state index contributed by atoms with van der Waals surface area (Å²) < 4.78 is 5.59. The molecule has 5 nitrogen and oxygen atoms in total. The van der Waals surface area contributed by atoms with E-state index in [2.05, 4.69) is 14.9 Å². The van der Waals surface area contributed by atoms with E-state index in [4.69, 9.17) is 10.00 Å². The molecule has 17 heavy (non-hydrogen) atoms. The molecule has 0 N–H and O–H groups in total. The minimum atomic E-state index is 0.357. The lowest BCUT2D eigenvalue weighted by molar-refractivity contribution is 0.0457. The largest absolute Gasteiger partial charge is 0.378 e. The summed E-state index contributed by atoms with van der Waals surface area (Å²) in [6.07, 6.45) is 3.98. The van der Waals surface area contributed by atoms with Gasteiger partial charge in [0.1, 0.15) is 11.8 Å². The summed E-state index contributed by atoms with van der Waals surface area (Å²) in [4.78, 5) is 10.5. The standard InChI is InChI=1S/C12H16N4O/c1-2-17-11-4-7-16(8-5-11)12-14-6-3-10(9-13)15-12/h3,6,11H,2,4-5,7-8H2,1H3. The fourth-order valence-electron chi connectivity index (χ4n) is 2.02. The summed E-state index contributed by atoms with van der Waals surface area (Å²) in [6, 6.07) is 3.65. The van der Waals surface area contributed by atoms with Crippen molar-refractivity contribution >= 4 is 5.95 Å². The van der Waals surface area contributed by atoms with E-state index in [1.54, 1.807) is 12.3 Å². The zero-order valence-corrected chi connectivity index (χ0v) is 9.96. The summed E-state index contributed by atoms with van der Waals surface area (Å²) in [5.41, 5.74) is 0.418. The molecular formula is C12H16N4O. The normalized spacial score (nSPS) is 16.8. The smallest absolute Gasteiger partial charge is 0.226 e. The van der Waals surface area contributed by atoms with E-state index in [1.165, 1.54) is 0 Å². The first kappa shape index (κ1) is 11.8. The van der Waals surface area contributed by atoms with Crippen molar-refractivity contribution in [1.82, 2.24) is 9.97 Å². The third kappa shape index (κ3) is 2.92. The minimum absolute atomic E-state index is 0.357. The Hall–Kier alpha value is -1.67. The number of rotatable bonds is 3. The Balaban J connectivity index is 1.98. The van der Waals surface area contributed by atoms with E-state index in [0.29, 0.717) is 17.7 Å². The number of piperidine rings is 1. The molecule has 2 heterocycles. The predicted octanol–water partition coefficient (Wildman–Crippen LogP) is 1.35. The van der Waals surface area contributed by atoms with Gasteiger partial charge in [-0.15, -0.1) is 0 Å². The lowest BCUT2D eigenvalue weighted by atomic mass is 10.1. The molecule has 0 unspecified atom stereocenters. The van der Waals surface area contributed by atoms with Gasteiger partial charge in [-0.05, 0) is 25.8 Å². The van der Waals surface area contributed by atoms with E-state index in [9.17, 15) is 0 Å². The average molecular weight is 232 g/mol. The highest BCUT2D eigenvalue weighted by Gasteiger charge is 2.21. The molecule has 0 aromatic carbocycles. The fourth-order valence-corrected chi connectivity index (χ4v) is 2.02. The van der Waals surface area contributed by atoms with Crippen LogP contribution in [0.25, 0.3) is 0 Å². The van der Waals surface area contributed by atoms with E-state index in [1.807, 2.05) is 13.0 Å². The van der Waals surface area contributed by atoms with Gasteiger partial charge in [0.25, 0.3) is 0 Å². The second kappa shape index (κ2) is 5.60. The molecular weight excluding hydrogens is 216 g/mol. The molecule has 0 atom stereocenters. The number of aromatic nitrogens is 2. The molecule has 1 aliphatic heterocycles. The zero-order chi connectivity index (χ0) is 12.1. The molecule has 0 bridgehead atoms. The third-order valence-electron chi connectivity index (χ3n) is 2.88. The number of anilines is 1. The van der Waals surface area contributed by atoms with Gasteiger partial charge in [-0.3, -0.25) is 0 Å². The van der Waals surface area contributed by atoms with Crippen molar-refractivity contribution in [3.05, 3.63) is 18.0 Å². The predicted molar refractivity (Wildman–Crippen MR) is 63.6 cm³/mol. The summed E-state index contributed by atoms with van der Waals surface area (Å²) in [6.45, 7) is 4.57. The molecule has 1 aromatic rings. The monoisotopic (exact) mass is 232 g/mol. The van der Waals surface area contributed by atoms with Gasteiger partial charge in [-0.1, -0.05) is 0 Å². The van der Waals surface area contributed by atoms with Crippen LogP contribution in [0, 0.1) is 11.3 Å². The zero-order valence-electron chi connectivity index (χ0n) is 9.96.